The molecule has 1 aliphatic rings. The van der Waals surface area contributed by atoms with Gasteiger partial charge in [0.25, 0.3) is 0 Å². The van der Waals surface area contributed by atoms with E-state index in [1.165, 1.54) is 12.8 Å². The zero-order chi connectivity index (χ0) is 12.0. The monoisotopic (exact) mass is 228 g/mol. The highest BCUT2D eigenvalue weighted by Crippen LogP contribution is 2.22. The van der Waals surface area contributed by atoms with Gasteiger partial charge in [0.2, 0.25) is 5.91 Å². The van der Waals surface area contributed by atoms with Gasteiger partial charge in [-0.2, -0.15) is 0 Å². The maximum atomic E-state index is 11.8. The number of carbonyl (C=O) groups is 1. The molecule has 0 saturated heterocycles. The first kappa shape index (κ1) is 13.5. The molecule has 0 aliphatic heterocycles. The molecule has 94 valence electrons. The van der Waals surface area contributed by atoms with Gasteiger partial charge in [0.15, 0.2) is 0 Å². The zero-order valence-electron chi connectivity index (χ0n) is 10.4. The second kappa shape index (κ2) is 6.86. The maximum Gasteiger partial charge on any atom is 0.249 e. The molecule has 3 N–H and O–H groups in total. The lowest BCUT2D eigenvalue weighted by atomic mass is 10.2. The summed E-state index contributed by atoms with van der Waals surface area (Å²) in [5.74, 6) is -0.0210. The largest absolute Gasteiger partial charge is 0.365 e. The topological polar surface area (TPSA) is 64.3 Å². The van der Waals surface area contributed by atoms with Crippen molar-refractivity contribution in [2.45, 2.75) is 64.2 Å². The van der Waals surface area contributed by atoms with E-state index in [0.29, 0.717) is 6.54 Å². The van der Waals surface area contributed by atoms with Crippen LogP contribution in [0, 0.1) is 0 Å². The quantitative estimate of drug-likeness (QED) is 0.717. The van der Waals surface area contributed by atoms with E-state index < -0.39 is 0 Å². The average molecular weight is 228 g/mol. The number of amides is 1. The van der Waals surface area contributed by atoms with Gasteiger partial charge in [-0.15, -0.1) is 0 Å². The van der Waals surface area contributed by atoms with Crippen molar-refractivity contribution >= 4 is 5.91 Å². The fourth-order valence-corrected chi connectivity index (χ4v) is 1.99. The van der Waals surface area contributed by atoms with Crippen LogP contribution in [0.2, 0.25) is 0 Å². The summed E-state index contributed by atoms with van der Waals surface area (Å²) >= 11 is 0. The summed E-state index contributed by atoms with van der Waals surface area (Å²) in [5, 5.41) is 2.87. The first-order valence-electron chi connectivity index (χ1n) is 6.33. The van der Waals surface area contributed by atoms with Crippen LogP contribution in [0.25, 0.3) is 0 Å². The standard InChI is InChI=1S/C12H24N2O2/c1-3-11(12(15)14-9(2)8-13)16-10-6-4-5-7-10/h9-11H,3-8,13H2,1-2H3,(H,14,15)/t9-,11?/m0/s1. The van der Waals surface area contributed by atoms with E-state index in [1.54, 1.807) is 0 Å². The van der Waals surface area contributed by atoms with E-state index in [-0.39, 0.29) is 24.2 Å². The second-order valence-electron chi connectivity index (χ2n) is 4.58. The highest BCUT2D eigenvalue weighted by atomic mass is 16.5. The van der Waals surface area contributed by atoms with E-state index in [9.17, 15) is 4.79 Å². The Hall–Kier alpha value is -0.610. The Morgan fingerprint density at radius 3 is 2.62 bits per heavy atom. The third-order valence-corrected chi connectivity index (χ3v) is 3.06. The first-order valence-corrected chi connectivity index (χ1v) is 6.33. The Balaban J connectivity index is 2.36. The summed E-state index contributed by atoms with van der Waals surface area (Å²) in [4.78, 5) is 11.8. The van der Waals surface area contributed by atoms with Crippen molar-refractivity contribution < 1.29 is 9.53 Å². The number of hydrogen-bond donors (Lipinski definition) is 2. The number of hydrogen-bond acceptors (Lipinski definition) is 3. The summed E-state index contributed by atoms with van der Waals surface area (Å²) in [6.07, 6.45) is 5.33. The minimum Gasteiger partial charge on any atom is -0.365 e. The number of nitrogens with one attached hydrogen (secondary N) is 1. The SMILES string of the molecule is CCC(OC1CCCC1)C(=O)N[C@@H](C)CN. The van der Waals surface area contributed by atoms with Crippen LogP contribution >= 0.6 is 0 Å². The van der Waals surface area contributed by atoms with Crippen molar-refractivity contribution in [3.8, 4) is 0 Å². The summed E-state index contributed by atoms with van der Waals surface area (Å²) in [5.41, 5.74) is 5.47. The van der Waals surface area contributed by atoms with E-state index in [0.717, 1.165) is 19.3 Å². The Kier molecular flexibility index (Phi) is 5.77. The Morgan fingerprint density at radius 1 is 1.50 bits per heavy atom. The normalized spacial score (nSPS) is 20.7. The Labute approximate surface area is 97.9 Å². The molecule has 0 aromatic heterocycles. The molecule has 0 radical (unpaired) electrons. The molecular weight excluding hydrogens is 204 g/mol. The van der Waals surface area contributed by atoms with E-state index in [1.807, 2.05) is 13.8 Å². The highest BCUT2D eigenvalue weighted by molar-refractivity contribution is 5.81. The Bertz CT molecular complexity index is 215. The molecule has 1 amide bonds. The van der Waals surface area contributed by atoms with Crippen LogP contribution in [0.1, 0.15) is 46.0 Å². The second-order valence-corrected chi connectivity index (χ2v) is 4.58. The summed E-state index contributed by atoms with van der Waals surface area (Å²) in [6, 6.07) is 0.0220. The first-order chi connectivity index (χ1) is 7.67. The smallest absolute Gasteiger partial charge is 0.249 e. The van der Waals surface area contributed by atoms with Crippen molar-refractivity contribution in [3.05, 3.63) is 0 Å². The van der Waals surface area contributed by atoms with Gasteiger partial charge in [-0.05, 0) is 26.2 Å². The third kappa shape index (κ3) is 4.10. The number of carbonyl (C=O) groups excluding carboxylic acids is 1. The van der Waals surface area contributed by atoms with Gasteiger partial charge in [-0.25, -0.2) is 0 Å². The molecule has 0 heterocycles. The lowest BCUT2D eigenvalue weighted by Crippen LogP contribution is -2.44. The van der Waals surface area contributed by atoms with Crippen molar-refractivity contribution in [3.63, 3.8) is 0 Å². The highest BCUT2D eigenvalue weighted by Gasteiger charge is 2.24. The van der Waals surface area contributed by atoms with E-state index in [2.05, 4.69) is 5.32 Å². The summed E-state index contributed by atoms with van der Waals surface area (Å²) in [7, 11) is 0. The lowest BCUT2D eigenvalue weighted by Gasteiger charge is -2.22. The molecule has 0 bridgehead atoms. The molecule has 1 unspecified atom stereocenters. The number of rotatable bonds is 6. The minimum atomic E-state index is -0.308. The Morgan fingerprint density at radius 2 is 2.12 bits per heavy atom. The van der Waals surface area contributed by atoms with Crippen molar-refractivity contribution in [2.75, 3.05) is 6.54 Å². The molecule has 4 heteroatoms. The van der Waals surface area contributed by atoms with Crippen LogP contribution in [0.15, 0.2) is 0 Å². The average Bonchev–Trinajstić information content (AvgIpc) is 2.78. The van der Waals surface area contributed by atoms with Crippen LogP contribution < -0.4 is 11.1 Å². The van der Waals surface area contributed by atoms with E-state index >= 15 is 0 Å². The number of ether oxygens (including phenoxy) is 1. The fourth-order valence-electron chi connectivity index (χ4n) is 1.99. The van der Waals surface area contributed by atoms with Gasteiger partial charge < -0.3 is 15.8 Å². The minimum absolute atomic E-state index is 0.0210. The predicted octanol–water partition coefficient (Wildman–Crippen LogP) is 1.19. The molecule has 0 aromatic carbocycles. The lowest BCUT2D eigenvalue weighted by molar-refractivity contribution is -0.137. The molecule has 0 spiro atoms. The van der Waals surface area contributed by atoms with Gasteiger partial charge in [0, 0.05) is 12.6 Å². The van der Waals surface area contributed by atoms with Crippen molar-refractivity contribution in [2.24, 2.45) is 5.73 Å². The van der Waals surface area contributed by atoms with E-state index in [4.69, 9.17) is 10.5 Å². The molecular formula is C12H24N2O2. The molecule has 16 heavy (non-hydrogen) atoms. The molecule has 1 aliphatic carbocycles. The maximum absolute atomic E-state index is 11.8. The van der Waals surface area contributed by atoms with Crippen LogP contribution in [0.3, 0.4) is 0 Å². The van der Waals surface area contributed by atoms with Gasteiger partial charge >= 0.3 is 0 Å². The van der Waals surface area contributed by atoms with Gasteiger partial charge in [0.05, 0.1) is 6.10 Å². The van der Waals surface area contributed by atoms with Crippen LogP contribution in [-0.2, 0) is 9.53 Å². The number of nitrogens with two attached hydrogens (primary N) is 1. The third-order valence-electron chi connectivity index (χ3n) is 3.06. The molecule has 1 saturated carbocycles. The van der Waals surface area contributed by atoms with Crippen LogP contribution in [0.4, 0.5) is 0 Å². The molecule has 1 fully saturated rings. The molecule has 4 nitrogen and oxygen atoms in total. The summed E-state index contributed by atoms with van der Waals surface area (Å²) in [6.45, 7) is 4.35. The summed E-state index contributed by atoms with van der Waals surface area (Å²) < 4.78 is 5.81. The van der Waals surface area contributed by atoms with Gasteiger partial charge in [-0.3, -0.25) is 4.79 Å². The van der Waals surface area contributed by atoms with Gasteiger partial charge in [0.1, 0.15) is 6.10 Å². The molecule has 1 rings (SSSR count). The molecule has 2 atom stereocenters. The predicted molar refractivity (Wildman–Crippen MR) is 64.1 cm³/mol. The molecule has 0 aromatic rings. The van der Waals surface area contributed by atoms with Gasteiger partial charge in [-0.1, -0.05) is 19.8 Å². The fraction of sp³-hybridized carbons (Fsp3) is 0.917. The zero-order valence-corrected chi connectivity index (χ0v) is 10.4. The van der Waals surface area contributed by atoms with Crippen LogP contribution in [0.5, 0.6) is 0 Å². The van der Waals surface area contributed by atoms with Crippen molar-refractivity contribution in [1.82, 2.24) is 5.32 Å². The van der Waals surface area contributed by atoms with Crippen molar-refractivity contribution in [1.29, 1.82) is 0 Å². The van der Waals surface area contributed by atoms with Crippen LogP contribution in [-0.4, -0.2) is 30.7 Å².